The zero-order valence-corrected chi connectivity index (χ0v) is 17.0. The van der Waals surface area contributed by atoms with Crippen molar-refractivity contribution in [2.45, 2.75) is 19.5 Å². The highest BCUT2D eigenvalue weighted by atomic mass is 19.4. The molecule has 4 rings (SSSR count). The van der Waals surface area contributed by atoms with Crippen LogP contribution in [0.1, 0.15) is 21.6 Å². The lowest BCUT2D eigenvalue weighted by Crippen LogP contribution is -2.29. The molecule has 0 aliphatic rings. The van der Waals surface area contributed by atoms with Crippen molar-refractivity contribution in [2.24, 2.45) is 0 Å². The summed E-state index contributed by atoms with van der Waals surface area (Å²) in [5.74, 6) is -0.932. The fraction of sp³-hybridized carbons (Fsp3) is 0.130. The van der Waals surface area contributed by atoms with E-state index in [0.717, 1.165) is 17.7 Å². The third-order valence-corrected chi connectivity index (χ3v) is 4.77. The van der Waals surface area contributed by atoms with Crippen molar-refractivity contribution in [3.8, 4) is 5.75 Å². The Labute approximate surface area is 185 Å². The van der Waals surface area contributed by atoms with Crippen LogP contribution in [0.25, 0.3) is 10.8 Å². The van der Waals surface area contributed by atoms with Gasteiger partial charge in [0.25, 0.3) is 11.5 Å². The van der Waals surface area contributed by atoms with Crippen molar-refractivity contribution in [3.05, 3.63) is 100 Å². The van der Waals surface area contributed by atoms with Crippen LogP contribution in [0.2, 0.25) is 0 Å². The van der Waals surface area contributed by atoms with Gasteiger partial charge in [-0.15, -0.1) is 13.2 Å². The molecule has 168 valence electrons. The number of hydrogen-bond donors (Lipinski definition) is 1. The zero-order valence-electron chi connectivity index (χ0n) is 17.0. The number of amides is 1. The third kappa shape index (κ3) is 5.35. The number of rotatable bonds is 6. The van der Waals surface area contributed by atoms with Gasteiger partial charge >= 0.3 is 6.36 Å². The zero-order chi connectivity index (χ0) is 23.4. The molecular formula is C23H17F3N4O3. The molecule has 1 amide bonds. The second-order valence-electron chi connectivity index (χ2n) is 7.07. The summed E-state index contributed by atoms with van der Waals surface area (Å²) in [6.07, 6.45) is -1.55. The van der Waals surface area contributed by atoms with Crippen molar-refractivity contribution in [3.63, 3.8) is 0 Å². The highest BCUT2D eigenvalue weighted by molar-refractivity contribution is 5.94. The number of pyridine rings is 1. The number of fused-ring (bicyclic) bond motifs is 1. The lowest BCUT2D eigenvalue weighted by Gasteiger charge is -2.12. The summed E-state index contributed by atoms with van der Waals surface area (Å²) in [4.78, 5) is 29.4. The quantitative estimate of drug-likeness (QED) is 0.481. The Morgan fingerprint density at radius 1 is 1.00 bits per heavy atom. The molecule has 0 fully saturated rings. The van der Waals surface area contributed by atoms with Gasteiger partial charge in [0.05, 0.1) is 24.2 Å². The molecule has 10 heteroatoms. The van der Waals surface area contributed by atoms with Gasteiger partial charge in [0.15, 0.2) is 0 Å². The van der Waals surface area contributed by atoms with E-state index in [1.165, 1.54) is 16.8 Å². The number of nitrogens with zero attached hydrogens (tertiary/aromatic N) is 3. The molecular weight excluding hydrogens is 437 g/mol. The predicted molar refractivity (Wildman–Crippen MR) is 114 cm³/mol. The van der Waals surface area contributed by atoms with Gasteiger partial charge in [-0.05, 0) is 42.0 Å². The van der Waals surface area contributed by atoms with Crippen molar-refractivity contribution in [1.29, 1.82) is 0 Å². The Bertz CT molecular complexity index is 1340. The molecule has 1 N–H and O–H groups in total. The van der Waals surface area contributed by atoms with E-state index in [4.69, 9.17) is 0 Å². The van der Waals surface area contributed by atoms with Crippen molar-refractivity contribution in [2.75, 3.05) is 0 Å². The van der Waals surface area contributed by atoms with E-state index in [1.807, 2.05) is 6.07 Å². The highest BCUT2D eigenvalue weighted by Crippen LogP contribution is 2.22. The smallest absolute Gasteiger partial charge is 0.406 e. The van der Waals surface area contributed by atoms with Crippen molar-refractivity contribution in [1.82, 2.24) is 20.1 Å². The molecule has 0 saturated carbocycles. The van der Waals surface area contributed by atoms with Crippen LogP contribution < -0.4 is 15.6 Å². The summed E-state index contributed by atoms with van der Waals surface area (Å²) < 4.78 is 42.0. The normalized spacial score (nSPS) is 11.4. The van der Waals surface area contributed by atoms with Crippen LogP contribution >= 0.6 is 0 Å². The topological polar surface area (TPSA) is 86.1 Å². The fourth-order valence-corrected chi connectivity index (χ4v) is 3.28. The molecule has 0 spiro atoms. The Kier molecular flexibility index (Phi) is 6.07. The molecule has 33 heavy (non-hydrogen) atoms. The fourth-order valence-electron chi connectivity index (χ4n) is 3.28. The van der Waals surface area contributed by atoms with E-state index in [0.29, 0.717) is 16.5 Å². The van der Waals surface area contributed by atoms with Crippen molar-refractivity contribution < 1.29 is 22.7 Å². The number of halogens is 3. The van der Waals surface area contributed by atoms with E-state index in [1.54, 1.807) is 42.7 Å². The van der Waals surface area contributed by atoms with Crippen LogP contribution in [0.4, 0.5) is 13.2 Å². The number of carbonyl (C=O) groups excluding carboxylic acids is 1. The largest absolute Gasteiger partial charge is 0.573 e. The summed E-state index contributed by atoms with van der Waals surface area (Å²) in [5.41, 5.74) is 1.14. The van der Waals surface area contributed by atoms with E-state index >= 15 is 0 Å². The van der Waals surface area contributed by atoms with Crippen molar-refractivity contribution >= 4 is 16.7 Å². The Hall–Kier alpha value is -4.21. The molecule has 4 aromatic rings. The SMILES string of the molecule is O=C(NCc1nn(Cc2cccnc2)c(=O)c2ccccc12)c1ccc(OC(F)(F)F)cc1. The minimum absolute atomic E-state index is 0.00741. The molecule has 0 unspecified atom stereocenters. The number of alkyl halides is 3. The highest BCUT2D eigenvalue weighted by Gasteiger charge is 2.31. The predicted octanol–water partition coefficient (Wildman–Crippen LogP) is 3.67. The van der Waals surface area contributed by atoms with Crippen LogP contribution in [0.5, 0.6) is 5.75 Å². The van der Waals surface area contributed by atoms with Gasteiger partial charge in [-0.2, -0.15) is 5.10 Å². The maximum atomic E-state index is 12.9. The molecule has 0 saturated heterocycles. The number of nitrogens with one attached hydrogen (secondary N) is 1. The Morgan fingerprint density at radius 2 is 1.73 bits per heavy atom. The third-order valence-electron chi connectivity index (χ3n) is 4.77. The maximum Gasteiger partial charge on any atom is 0.573 e. The van der Waals surface area contributed by atoms with Gasteiger partial charge in [0.2, 0.25) is 0 Å². The van der Waals surface area contributed by atoms with E-state index < -0.39 is 18.0 Å². The van der Waals surface area contributed by atoms with Crippen LogP contribution in [0, 0.1) is 0 Å². The molecule has 2 aromatic heterocycles. The molecule has 0 bridgehead atoms. The van der Waals surface area contributed by atoms with Gasteiger partial charge in [0, 0.05) is 23.3 Å². The van der Waals surface area contributed by atoms with Crippen LogP contribution in [0.15, 0.2) is 77.9 Å². The van der Waals surface area contributed by atoms with Gasteiger partial charge in [0.1, 0.15) is 5.75 Å². The average molecular weight is 454 g/mol. The minimum atomic E-state index is -4.81. The molecule has 2 heterocycles. The number of hydrogen-bond acceptors (Lipinski definition) is 5. The van der Waals surface area contributed by atoms with E-state index in [-0.39, 0.29) is 24.2 Å². The minimum Gasteiger partial charge on any atom is -0.406 e. The molecule has 0 aliphatic heterocycles. The van der Waals surface area contributed by atoms with Gasteiger partial charge in [-0.25, -0.2) is 4.68 Å². The van der Waals surface area contributed by atoms with Crippen LogP contribution in [-0.2, 0) is 13.1 Å². The number of aromatic nitrogens is 3. The Morgan fingerprint density at radius 3 is 2.39 bits per heavy atom. The standard InChI is InChI=1S/C23H17F3N4O3/c24-23(25,26)33-17-9-7-16(8-10-17)21(31)28-13-20-18-5-1-2-6-19(18)22(32)30(29-20)14-15-4-3-11-27-12-15/h1-12H,13-14H2,(H,28,31). The lowest BCUT2D eigenvalue weighted by molar-refractivity contribution is -0.274. The summed E-state index contributed by atoms with van der Waals surface area (Å²) in [7, 11) is 0. The number of carbonyl (C=O) groups is 1. The summed E-state index contributed by atoms with van der Waals surface area (Å²) in [6.45, 7) is 0.215. The molecule has 7 nitrogen and oxygen atoms in total. The van der Waals surface area contributed by atoms with Gasteiger partial charge in [-0.3, -0.25) is 14.6 Å². The first kappa shape index (κ1) is 22.0. The second kappa shape index (κ2) is 9.11. The first-order chi connectivity index (χ1) is 15.8. The average Bonchev–Trinajstić information content (AvgIpc) is 2.80. The molecule has 0 aliphatic carbocycles. The van der Waals surface area contributed by atoms with Gasteiger partial charge < -0.3 is 10.1 Å². The van der Waals surface area contributed by atoms with Crippen LogP contribution in [-0.4, -0.2) is 27.0 Å². The van der Waals surface area contributed by atoms with Gasteiger partial charge in [-0.1, -0.05) is 24.3 Å². The molecule has 0 atom stereocenters. The number of benzene rings is 2. The maximum absolute atomic E-state index is 12.9. The summed E-state index contributed by atoms with van der Waals surface area (Å²) >= 11 is 0. The number of ether oxygens (including phenoxy) is 1. The second-order valence-corrected chi connectivity index (χ2v) is 7.07. The monoisotopic (exact) mass is 454 g/mol. The summed E-state index contributed by atoms with van der Waals surface area (Å²) in [5, 5.41) is 8.18. The van der Waals surface area contributed by atoms with E-state index in [9.17, 15) is 22.8 Å². The first-order valence-corrected chi connectivity index (χ1v) is 9.82. The Balaban J connectivity index is 1.56. The molecule has 0 radical (unpaired) electrons. The van der Waals surface area contributed by atoms with Crippen LogP contribution in [0.3, 0.4) is 0 Å². The summed E-state index contributed by atoms with van der Waals surface area (Å²) in [6, 6.07) is 15.1. The molecule has 2 aromatic carbocycles. The van der Waals surface area contributed by atoms with E-state index in [2.05, 4.69) is 20.1 Å². The first-order valence-electron chi connectivity index (χ1n) is 9.82. The lowest BCUT2D eigenvalue weighted by atomic mass is 10.1.